The highest BCUT2D eigenvalue weighted by atomic mass is 79.9. The van der Waals surface area contributed by atoms with E-state index in [-0.39, 0.29) is 6.42 Å². The molecular weight excluding hydrogens is 224 g/mol. The van der Waals surface area contributed by atoms with E-state index in [0.717, 1.165) is 10.4 Å². The van der Waals surface area contributed by atoms with E-state index in [1.165, 1.54) is 0 Å². The first kappa shape index (κ1) is 9.25. The second-order valence-corrected chi connectivity index (χ2v) is 3.26. The van der Waals surface area contributed by atoms with Crippen molar-refractivity contribution in [1.82, 2.24) is 9.55 Å². The van der Waals surface area contributed by atoms with Crippen LogP contribution in [0.2, 0.25) is 0 Å². The monoisotopic (exact) mass is 232 g/mol. The Morgan fingerprint density at radius 1 is 1.83 bits per heavy atom. The summed E-state index contributed by atoms with van der Waals surface area (Å²) in [6.45, 7) is 2.31. The van der Waals surface area contributed by atoms with Gasteiger partial charge in [0.15, 0.2) is 0 Å². The average Bonchev–Trinajstić information content (AvgIpc) is 2.26. The van der Waals surface area contributed by atoms with Crippen LogP contribution >= 0.6 is 15.9 Å². The molecule has 0 radical (unpaired) electrons. The molecule has 1 heterocycles. The molecule has 12 heavy (non-hydrogen) atoms. The number of aliphatic carboxylic acids is 1. The highest BCUT2D eigenvalue weighted by molar-refractivity contribution is 9.10. The molecular formula is C7H9BrN2O2. The molecule has 4 nitrogen and oxygen atoms in total. The Bertz CT molecular complexity index is 296. The molecule has 0 saturated carbocycles. The number of aromatic nitrogens is 2. The molecule has 0 spiro atoms. The van der Waals surface area contributed by atoms with Gasteiger partial charge in [0.05, 0.1) is 6.42 Å². The van der Waals surface area contributed by atoms with E-state index in [2.05, 4.69) is 20.9 Å². The van der Waals surface area contributed by atoms with Crippen LogP contribution in [0.15, 0.2) is 10.8 Å². The Balaban J connectivity index is 2.62. The lowest BCUT2D eigenvalue weighted by molar-refractivity contribution is -0.137. The van der Waals surface area contributed by atoms with Crippen molar-refractivity contribution in [2.75, 3.05) is 0 Å². The zero-order valence-electron chi connectivity index (χ0n) is 6.62. The molecule has 1 rings (SSSR count). The number of rotatable bonds is 3. The number of hydrogen-bond acceptors (Lipinski definition) is 2. The Hall–Kier alpha value is -0.840. The van der Waals surface area contributed by atoms with E-state index in [1.54, 1.807) is 10.8 Å². The topological polar surface area (TPSA) is 55.1 Å². The van der Waals surface area contributed by atoms with E-state index in [0.29, 0.717) is 6.54 Å². The standard InChI is InChI=1S/C7H9BrN2O2/c1-5-9-6(8)4-10(5)3-2-7(11)12/h4H,2-3H2,1H3,(H,11,12). The molecule has 0 atom stereocenters. The number of carboxylic acid groups (broad SMARTS) is 1. The molecule has 0 aliphatic carbocycles. The van der Waals surface area contributed by atoms with Gasteiger partial charge in [0.1, 0.15) is 10.4 Å². The van der Waals surface area contributed by atoms with E-state index in [4.69, 9.17) is 5.11 Å². The van der Waals surface area contributed by atoms with Crippen molar-refractivity contribution >= 4 is 21.9 Å². The van der Waals surface area contributed by atoms with Crippen LogP contribution in [-0.2, 0) is 11.3 Å². The predicted molar refractivity (Wildman–Crippen MR) is 46.9 cm³/mol. The molecule has 5 heteroatoms. The first-order chi connectivity index (χ1) is 5.59. The lowest BCUT2D eigenvalue weighted by Gasteiger charge is -2.00. The van der Waals surface area contributed by atoms with E-state index < -0.39 is 5.97 Å². The number of carbonyl (C=O) groups is 1. The zero-order valence-corrected chi connectivity index (χ0v) is 8.21. The molecule has 0 fully saturated rings. The van der Waals surface area contributed by atoms with Crippen molar-refractivity contribution < 1.29 is 9.90 Å². The molecule has 0 aliphatic rings. The van der Waals surface area contributed by atoms with Gasteiger partial charge in [-0.25, -0.2) is 4.98 Å². The summed E-state index contributed by atoms with van der Waals surface area (Å²) in [5.74, 6) is 0.0300. The quantitative estimate of drug-likeness (QED) is 0.859. The lowest BCUT2D eigenvalue weighted by atomic mass is 10.4. The summed E-state index contributed by atoms with van der Waals surface area (Å²) in [4.78, 5) is 14.3. The fourth-order valence-corrected chi connectivity index (χ4v) is 1.42. The summed E-state index contributed by atoms with van der Waals surface area (Å²) < 4.78 is 2.54. The zero-order chi connectivity index (χ0) is 9.14. The van der Waals surface area contributed by atoms with Crippen LogP contribution in [0, 0.1) is 6.92 Å². The number of aryl methyl sites for hydroxylation is 2. The largest absolute Gasteiger partial charge is 0.481 e. The summed E-state index contributed by atoms with van der Waals surface area (Å²) >= 11 is 3.21. The SMILES string of the molecule is Cc1nc(Br)cn1CCC(=O)O. The van der Waals surface area contributed by atoms with Crippen LogP contribution in [0.1, 0.15) is 12.2 Å². The Labute approximate surface area is 78.4 Å². The van der Waals surface area contributed by atoms with Crippen LogP contribution in [0.3, 0.4) is 0 Å². The van der Waals surface area contributed by atoms with Gasteiger partial charge < -0.3 is 9.67 Å². The van der Waals surface area contributed by atoms with Gasteiger partial charge in [-0.1, -0.05) is 0 Å². The minimum atomic E-state index is -0.792. The highest BCUT2D eigenvalue weighted by Gasteiger charge is 2.03. The smallest absolute Gasteiger partial charge is 0.305 e. The second-order valence-electron chi connectivity index (χ2n) is 2.45. The van der Waals surface area contributed by atoms with Crippen LogP contribution in [-0.4, -0.2) is 20.6 Å². The molecule has 1 aromatic heterocycles. The van der Waals surface area contributed by atoms with Gasteiger partial charge in [-0.05, 0) is 22.9 Å². The number of carboxylic acids is 1. The normalized spacial score (nSPS) is 10.2. The van der Waals surface area contributed by atoms with Crippen LogP contribution in [0.5, 0.6) is 0 Å². The van der Waals surface area contributed by atoms with Crippen LogP contribution in [0.4, 0.5) is 0 Å². The maximum absolute atomic E-state index is 10.2. The van der Waals surface area contributed by atoms with E-state index in [1.807, 2.05) is 6.92 Å². The van der Waals surface area contributed by atoms with Gasteiger partial charge in [0, 0.05) is 12.7 Å². The van der Waals surface area contributed by atoms with Crippen molar-refractivity contribution in [3.05, 3.63) is 16.6 Å². The van der Waals surface area contributed by atoms with E-state index in [9.17, 15) is 4.79 Å². The summed E-state index contributed by atoms with van der Waals surface area (Å²) in [6.07, 6.45) is 1.90. The van der Waals surface area contributed by atoms with Gasteiger partial charge in [0.2, 0.25) is 0 Å². The Morgan fingerprint density at radius 3 is 2.92 bits per heavy atom. The maximum atomic E-state index is 10.2. The lowest BCUT2D eigenvalue weighted by Crippen LogP contribution is -2.04. The number of hydrogen-bond donors (Lipinski definition) is 1. The Kier molecular flexibility index (Phi) is 2.86. The number of nitrogens with zero attached hydrogens (tertiary/aromatic N) is 2. The summed E-state index contributed by atoms with van der Waals surface area (Å²) in [5.41, 5.74) is 0. The van der Waals surface area contributed by atoms with Crippen molar-refractivity contribution in [3.8, 4) is 0 Å². The highest BCUT2D eigenvalue weighted by Crippen LogP contribution is 2.09. The molecule has 0 bridgehead atoms. The molecule has 1 aromatic rings. The third-order valence-corrected chi connectivity index (χ3v) is 1.90. The predicted octanol–water partition coefficient (Wildman–Crippen LogP) is 1.43. The second kappa shape index (κ2) is 3.71. The van der Waals surface area contributed by atoms with Gasteiger partial charge in [-0.15, -0.1) is 0 Å². The van der Waals surface area contributed by atoms with Gasteiger partial charge >= 0.3 is 5.97 Å². The van der Waals surface area contributed by atoms with Crippen molar-refractivity contribution in [3.63, 3.8) is 0 Å². The van der Waals surface area contributed by atoms with Crippen molar-refractivity contribution in [2.45, 2.75) is 19.9 Å². The molecule has 0 amide bonds. The summed E-state index contributed by atoms with van der Waals surface area (Å²) in [5, 5.41) is 8.43. The summed E-state index contributed by atoms with van der Waals surface area (Å²) in [7, 11) is 0. The number of imidazole rings is 1. The fraction of sp³-hybridized carbons (Fsp3) is 0.429. The van der Waals surface area contributed by atoms with Crippen LogP contribution in [0.25, 0.3) is 0 Å². The first-order valence-corrected chi connectivity index (χ1v) is 4.30. The average molecular weight is 233 g/mol. The van der Waals surface area contributed by atoms with Gasteiger partial charge in [0.25, 0.3) is 0 Å². The number of halogens is 1. The third-order valence-electron chi connectivity index (χ3n) is 1.51. The molecule has 0 unspecified atom stereocenters. The molecule has 0 aliphatic heterocycles. The Morgan fingerprint density at radius 2 is 2.50 bits per heavy atom. The van der Waals surface area contributed by atoms with Crippen molar-refractivity contribution in [1.29, 1.82) is 0 Å². The molecule has 66 valence electrons. The van der Waals surface area contributed by atoms with Crippen molar-refractivity contribution in [2.24, 2.45) is 0 Å². The molecule has 0 saturated heterocycles. The molecule has 1 N–H and O–H groups in total. The maximum Gasteiger partial charge on any atom is 0.305 e. The molecule has 0 aromatic carbocycles. The van der Waals surface area contributed by atoms with Gasteiger partial charge in [-0.3, -0.25) is 4.79 Å². The first-order valence-electron chi connectivity index (χ1n) is 3.50. The minimum Gasteiger partial charge on any atom is -0.481 e. The summed E-state index contributed by atoms with van der Waals surface area (Å²) in [6, 6.07) is 0. The minimum absolute atomic E-state index is 0.129. The van der Waals surface area contributed by atoms with E-state index >= 15 is 0 Å². The van der Waals surface area contributed by atoms with Gasteiger partial charge in [-0.2, -0.15) is 0 Å². The van der Waals surface area contributed by atoms with Crippen LogP contribution < -0.4 is 0 Å². The fourth-order valence-electron chi connectivity index (χ4n) is 0.912. The third kappa shape index (κ3) is 2.34.